The molecular weight excluding hydrogens is 298 g/mol. The molecule has 0 aliphatic carbocycles. The van der Waals surface area contributed by atoms with E-state index in [4.69, 9.17) is 9.84 Å². The molecule has 0 bridgehead atoms. The topological polar surface area (TPSA) is 89.7 Å². The van der Waals surface area contributed by atoms with E-state index < -0.39 is 10.9 Å². The zero-order valence-corrected chi connectivity index (χ0v) is 12.9. The Bertz CT molecular complexity index is 722. The van der Waals surface area contributed by atoms with Gasteiger partial charge in [0.2, 0.25) is 0 Å². The molecule has 0 fully saturated rings. The van der Waals surface area contributed by atoms with Gasteiger partial charge in [-0.2, -0.15) is 0 Å². The normalized spacial score (nSPS) is 10.6. The van der Waals surface area contributed by atoms with Crippen molar-refractivity contribution in [3.8, 4) is 5.75 Å². The van der Waals surface area contributed by atoms with Crippen LogP contribution in [0.3, 0.4) is 0 Å². The van der Waals surface area contributed by atoms with Crippen LogP contribution < -0.4 is 4.74 Å². The molecular formula is C17H17NO5. The lowest BCUT2D eigenvalue weighted by Crippen LogP contribution is -2.02. The number of nitrogens with zero attached hydrogens (tertiary/aromatic N) is 1. The van der Waals surface area contributed by atoms with Crippen LogP contribution in [0.15, 0.2) is 42.5 Å². The van der Waals surface area contributed by atoms with Gasteiger partial charge < -0.3 is 9.84 Å². The first-order valence-electron chi connectivity index (χ1n) is 7.12. The molecule has 0 amide bonds. The van der Waals surface area contributed by atoms with Gasteiger partial charge in [-0.15, -0.1) is 0 Å². The monoisotopic (exact) mass is 315 g/mol. The predicted molar refractivity (Wildman–Crippen MR) is 84.9 cm³/mol. The van der Waals surface area contributed by atoms with Crippen molar-refractivity contribution >= 4 is 11.7 Å². The van der Waals surface area contributed by atoms with Crippen LogP contribution in [0.4, 0.5) is 5.69 Å². The number of benzene rings is 2. The Hall–Kier alpha value is -2.89. The Balaban J connectivity index is 2.19. The Morgan fingerprint density at radius 2 is 1.87 bits per heavy atom. The zero-order chi connectivity index (χ0) is 17.0. The quantitative estimate of drug-likeness (QED) is 0.643. The molecule has 120 valence electrons. The maximum atomic E-state index is 11.0. The second-order valence-corrected chi connectivity index (χ2v) is 5.43. The summed E-state index contributed by atoms with van der Waals surface area (Å²) in [5, 5.41) is 20.0. The van der Waals surface area contributed by atoms with E-state index >= 15 is 0 Å². The van der Waals surface area contributed by atoms with Gasteiger partial charge in [-0.1, -0.05) is 38.1 Å². The Morgan fingerprint density at radius 3 is 2.39 bits per heavy atom. The lowest BCUT2D eigenvalue weighted by Gasteiger charge is -2.09. The molecule has 0 spiro atoms. The number of hydrogen-bond acceptors (Lipinski definition) is 4. The molecule has 0 unspecified atom stereocenters. The van der Waals surface area contributed by atoms with Crippen LogP contribution >= 0.6 is 0 Å². The summed E-state index contributed by atoms with van der Waals surface area (Å²) in [6, 6.07) is 11.2. The summed E-state index contributed by atoms with van der Waals surface area (Å²) in [7, 11) is 0. The average Bonchev–Trinajstić information content (AvgIpc) is 2.52. The maximum Gasteiger partial charge on any atom is 0.335 e. The standard InChI is InChI=1S/C17H17NO5/c1-11(2)13-5-3-12(4-6-13)10-23-16-9-14(17(19)20)7-8-15(16)18(21)22/h3-9,11H,10H2,1-2H3,(H,19,20). The van der Waals surface area contributed by atoms with E-state index in [2.05, 4.69) is 13.8 Å². The molecule has 6 nitrogen and oxygen atoms in total. The third kappa shape index (κ3) is 4.06. The van der Waals surface area contributed by atoms with Gasteiger partial charge in [-0.05, 0) is 23.1 Å². The lowest BCUT2D eigenvalue weighted by molar-refractivity contribution is -0.385. The van der Waals surface area contributed by atoms with E-state index in [0.29, 0.717) is 5.92 Å². The molecule has 0 radical (unpaired) electrons. The van der Waals surface area contributed by atoms with Crippen molar-refractivity contribution in [1.29, 1.82) is 0 Å². The van der Waals surface area contributed by atoms with Crippen LogP contribution in [0.25, 0.3) is 0 Å². The number of aromatic carboxylic acids is 1. The van der Waals surface area contributed by atoms with E-state index in [9.17, 15) is 14.9 Å². The highest BCUT2D eigenvalue weighted by molar-refractivity contribution is 5.88. The van der Waals surface area contributed by atoms with Crippen LogP contribution in [-0.4, -0.2) is 16.0 Å². The summed E-state index contributed by atoms with van der Waals surface area (Å²) in [5.74, 6) is -0.799. The Labute approximate surface area is 133 Å². The molecule has 0 aliphatic heterocycles. The summed E-state index contributed by atoms with van der Waals surface area (Å²) in [5.41, 5.74) is 1.73. The van der Waals surface area contributed by atoms with Crippen molar-refractivity contribution in [2.45, 2.75) is 26.4 Å². The number of ether oxygens (including phenoxy) is 1. The van der Waals surface area contributed by atoms with Gasteiger partial charge in [0.05, 0.1) is 10.5 Å². The fourth-order valence-corrected chi connectivity index (χ4v) is 2.07. The third-order valence-electron chi connectivity index (χ3n) is 3.44. The van der Waals surface area contributed by atoms with Crippen molar-refractivity contribution < 1.29 is 19.6 Å². The number of carboxylic acids is 1. The largest absolute Gasteiger partial charge is 0.482 e. The van der Waals surface area contributed by atoms with Crippen molar-refractivity contribution in [3.63, 3.8) is 0 Å². The molecule has 0 aromatic heterocycles. The third-order valence-corrected chi connectivity index (χ3v) is 3.44. The second kappa shape index (κ2) is 6.91. The van der Waals surface area contributed by atoms with E-state index in [1.165, 1.54) is 17.7 Å². The first-order valence-corrected chi connectivity index (χ1v) is 7.12. The minimum absolute atomic E-state index is 0.0529. The van der Waals surface area contributed by atoms with E-state index in [1.807, 2.05) is 24.3 Å². The summed E-state index contributed by atoms with van der Waals surface area (Å²) in [6.45, 7) is 4.31. The molecule has 0 saturated carbocycles. The molecule has 2 aromatic carbocycles. The maximum absolute atomic E-state index is 11.0. The van der Waals surface area contributed by atoms with Gasteiger partial charge in [0.25, 0.3) is 0 Å². The highest BCUT2D eigenvalue weighted by Gasteiger charge is 2.18. The highest BCUT2D eigenvalue weighted by atomic mass is 16.6. The first-order chi connectivity index (χ1) is 10.9. The number of nitro groups is 1. The molecule has 23 heavy (non-hydrogen) atoms. The van der Waals surface area contributed by atoms with Gasteiger partial charge in [-0.3, -0.25) is 10.1 Å². The van der Waals surface area contributed by atoms with E-state index in [0.717, 1.165) is 11.6 Å². The lowest BCUT2D eigenvalue weighted by atomic mass is 10.0. The predicted octanol–water partition coefficient (Wildman–Crippen LogP) is 4.00. The van der Waals surface area contributed by atoms with Gasteiger partial charge in [0, 0.05) is 12.1 Å². The number of nitro benzene ring substituents is 1. The summed E-state index contributed by atoms with van der Waals surface area (Å²) >= 11 is 0. The molecule has 2 aromatic rings. The van der Waals surface area contributed by atoms with E-state index in [-0.39, 0.29) is 23.6 Å². The van der Waals surface area contributed by atoms with E-state index in [1.54, 1.807) is 0 Å². The van der Waals surface area contributed by atoms with Crippen LogP contribution in [0.5, 0.6) is 5.75 Å². The molecule has 0 atom stereocenters. The van der Waals surface area contributed by atoms with Crippen molar-refractivity contribution in [2.24, 2.45) is 0 Å². The SMILES string of the molecule is CC(C)c1ccc(COc2cc(C(=O)O)ccc2[N+](=O)[O-])cc1. The molecule has 0 heterocycles. The van der Waals surface area contributed by atoms with Gasteiger partial charge in [-0.25, -0.2) is 4.79 Å². The Kier molecular flexibility index (Phi) is 4.95. The minimum atomic E-state index is -1.16. The number of carbonyl (C=O) groups is 1. The van der Waals surface area contributed by atoms with Gasteiger partial charge >= 0.3 is 11.7 Å². The highest BCUT2D eigenvalue weighted by Crippen LogP contribution is 2.29. The summed E-state index contributed by atoms with van der Waals surface area (Å²) < 4.78 is 5.47. The van der Waals surface area contributed by atoms with Crippen LogP contribution in [-0.2, 0) is 6.61 Å². The fourth-order valence-electron chi connectivity index (χ4n) is 2.07. The second-order valence-electron chi connectivity index (χ2n) is 5.43. The van der Waals surface area contributed by atoms with Crippen molar-refractivity contribution in [3.05, 3.63) is 69.3 Å². The Morgan fingerprint density at radius 1 is 1.22 bits per heavy atom. The van der Waals surface area contributed by atoms with Crippen LogP contribution in [0, 0.1) is 10.1 Å². The first kappa shape index (κ1) is 16.5. The van der Waals surface area contributed by atoms with Gasteiger partial charge in [0.15, 0.2) is 5.75 Å². The smallest absolute Gasteiger partial charge is 0.335 e. The summed E-state index contributed by atoms with van der Waals surface area (Å²) in [6.07, 6.45) is 0. The molecule has 0 saturated heterocycles. The van der Waals surface area contributed by atoms with Crippen molar-refractivity contribution in [2.75, 3.05) is 0 Å². The zero-order valence-electron chi connectivity index (χ0n) is 12.9. The molecule has 2 rings (SSSR count). The van der Waals surface area contributed by atoms with Gasteiger partial charge in [0.1, 0.15) is 6.61 Å². The minimum Gasteiger partial charge on any atom is -0.482 e. The number of rotatable bonds is 6. The number of carboxylic acid groups (broad SMARTS) is 1. The molecule has 1 N–H and O–H groups in total. The van der Waals surface area contributed by atoms with Crippen molar-refractivity contribution in [1.82, 2.24) is 0 Å². The average molecular weight is 315 g/mol. The molecule has 0 aliphatic rings. The summed E-state index contributed by atoms with van der Waals surface area (Å²) in [4.78, 5) is 21.4. The fraction of sp³-hybridized carbons (Fsp3) is 0.235. The molecule has 6 heteroatoms. The number of hydrogen-bond donors (Lipinski definition) is 1. The van der Waals surface area contributed by atoms with Crippen LogP contribution in [0.2, 0.25) is 0 Å². The van der Waals surface area contributed by atoms with Crippen LogP contribution in [0.1, 0.15) is 41.3 Å².